The van der Waals surface area contributed by atoms with Gasteiger partial charge in [0.25, 0.3) is 0 Å². The molecule has 2 bridgehead atoms. The van der Waals surface area contributed by atoms with Crippen molar-refractivity contribution in [1.29, 1.82) is 0 Å². The summed E-state index contributed by atoms with van der Waals surface area (Å²) >= 11 is 1.79. The van der Waals surface area contributed by atoms with Gasteiger partial charge >= 0.3 is 0 Å². The molecule has 0 aliphatic carbocycles. The van der Waals surface area contributed by atoms with Crippen molar-refractivity contribution < 1.29 is 0 Å². The van der Waals surface area contributed by atoms with E-state index in [1.807, 2.05) is 0 Å². The molecule has 82 valence electrons. The second kappa shape index (κ2) is 4.24. The molecule has 1 unspecified atom stereocenters. The van der Waals surface area contributed by atoms with E-state index < -0.39 is 0 Å². The molecule has 1 atom stereocenters. The average molecular weight is 222 g/mol. The molecule has 3 saturated heterocycles. The van der Waals surface area contributed by atoms with E-state index >= 15 is 0 Å². The Bertz CT molecular complexity index is 301. The number of piperidine rings is 3. The van der Waals surface area contributed by atoms with Crippen LogP contribution in [-0.2, 0) is 6.54 Å². The molecular weight excluding hydrogens is 204 g/mol. The van der Waals surface area contributed by atoms with Gasteiger partial charge in [0.15, 0.2) is 0 Å². The first-order chi connectivity index (χ1) is 7.42. The van der Waals surface area contributed by atoms with E-state index in [9.17, 15) is 0 Å². The van der Waals surface area contributed by atoms with Crippen LogP contribution in [0.3, 0.4) is 0 Å². The van der Waals surface area contributed by atoms with Crippen LogP contribution in [-0.4, -0.2) is 30.6 Å². The molecule has 0 aromatic carbocycles. The zero-order valence-electron chi connectivity index (χ0n) is 8.98. The maximum atomic E-state index is 3.72. The Morgan fingerprint density at radius 3 is 2.87 bits per heavy atom. The Labute approximate surface area is 95.3 Å². The summed E-state index contributed by atoms with van der Waals surface area (Å²) in [4.78, 5) is 2.60. The van der Waals surface area contributed by atoms with Gasteiger partial charge in [-0.05, 0) is 54.2 Å². The van der Waals surface area contributed by atoms with Crippen LogP contribution in [0.2, 0.25) is 0 Å². The number of fused-ring (bicyclic) bond motifs is 3. The van der Waals surface area contributed by atoms with Crippen LogP contribution >= 0.6 is 11.3 Å². The van der Waals surface area contributed by atoms with E-state index in [-0.39, 0.29) is 0 Å². The molecule has 1 N–H and O–H groups in total. The van der Waals surface area contributed by atoms with E-state index in [1.165, 1.54) is 38.0 Å². The predicted octanol–water partition coefficient (Wildman–Crippen LogP) is 1.93. The summed E-state index contributed by atoms with van der Waals surface area (Å²) in [6.07, 6.45) is 2.81. The SMILES string of the molecule is c1cc(CNC2CN3CCC2CC3)cs1. The first-order valence-corrected chi connectivity index (χ1v) is 6.83. The third kappa shape index (κ3) is 2.10. The monoisotopic (exact) mass is 222 g/mol. The lowest BCUT2D eigenvalue weighted by Crippen LogP contribution is -2.55. The van der Waals surface area contributed by atoms with E-state index in [0.717, 1.165) is 18.5 Å². The molecular formula is C12H18N2S. The van der Waals surface area contributed by atoms with Crippen LogP contribution in [0.1, 0.15) is 18.4 Å². The highest BCUT2D eigenvalue weighted by atomic mass is 32.1. The van der Waals surface area contributed by atoms with Gasteiger partial charge in [-0.1, -0.05) is 0 Å². The lowest BCUT2D eigenvalue weighted by atomic mass is 9.84. The van der Waals surface area contributed by atoms with Gasteiger partial charge in [0.1, 0.15) is 0 Å². The number of thiophene rings is 1. The predicted molar refractivity (Wildman–Crippen MR) is 64.1 cm³/mol. The second-order valence-electron chi connectivity index (χ2n) is 4.76. The molecule has 15 heavy (non-hydrogen) atoms. The summed E-state index contributed by atoms with van der Waals surface area (Å²) in [6, 6.07) is 2.96. The summed E-state index contributed by atoms with van der Waals surface area (Å²) < 4.78 is 0. The molecule has 3 aliphatic heterocycles. The van der Waals surface area contributed by atoms with Crippen molar-refractivity contribution in [3.8, 4) is 0 Å². The summed E-state index contributed by atoms with van der Waals surface area (Å²) in [5.74, 6) is 0.939. The number of hydrogen-bond donors (Lipinski definition) is 1. The fourth-order valence-electron chi connectivity index (χ4n) is 2.84. The molecule has 3 aliphatic rings. The van der Waals surface area contributed by atoms with Crippen LogP contribution in [0.4, 0.5) is 0 Å². The first-order valence-electron chi connectivity index (χ1n) is 5.88. The fraction of sp³-hybridized carbons (Fsp3) is 0.667. The van der Waals surface area contributed by atoms with Gasteiger partial charge in [-0.2, -0.15) is 11.3 Å². The molecule has 4 rings (SSSR count). The fourth-order valence-corrected chi connectivity index (χ4v) is 3.51. The van der Waals surface area contributed by atoms with Crippen molar-refractivity contribution in [3.63, 3.8) is 0 Å². The normalized spacial score (nSPS) is 34.5. The van der Waals surface area contributed by atoms with Gasteiger partial charge in [-0.25, -0.2) is 0 Å². The largest absolute Gasteiger partial charge is 0.308 e. The van der Waals surface area contributed by atoms with E-state index in [1.54, 1.807) is 11.3 Å². The average Bonchev–Trinajstić information content (AvgIpc) is 2.81. The maximum absolute atomic E-state index is 3.72. The molecule has 2 nitrogen and oxygen atoms in total. The molecule has 3 fully saturated rings. The Morgan fingerprint density at radius 1 is 1.40 bits per heavy atom. The van der Waals surface area contributed by atoms with Crippen LogP contribution in [0.25, 0.3) is 0 Å². The summed E-state index contributed by atoms with van der Waals surface area (Å²) in [5, 5.41) is 8.13. The minimum Gasteiger partial charge on any atom is -0.308 e. The number of nitrogens with one attached hydrogen (secondary N) is 1. The van der Waals surface area contributed by atoms with Crippen molar-refractivity contribution in [1.82, 2.24) is 10.2 Å². The zero-order chi connectivity index (χ0) is 10.1. The van der Waals surface area contributed by atoms with E-state index in [4.69, 9.17) is 0 Å². The maximum Gasteiger partial charge on any atom is 0.0227 e. The highest BCUT2D eigenvalue weighted by molar-refractivity contribution is 7.07. The van der Waals surface area contributed by atoms with Gasteiger partial charge in [0.05, 0.1) is 0 Å². The highest BCUT2D eigenvalue weighted by Gasteiger charge is 2.33. The van der Waals surface area contributed by atoms with Gasteiger partial charge in [0.2, 0.25) is 0 Å². The standard InChI is InChI=1S/C12H18N2S/c1-4-14-5-2-11(1)12(8-14)13-7-10-3-6-15-9-10/h3,6,9,11-13H,1-2,4-5,7-8H2. The molecule has 0 amide bonds. The second-order valence-corrected chi connectivity index (χ2v) is 5.54. The molecule has 0 spiro atoms. The summed E-state index contributed by atoms with van der Waals surface area (Å²) in [6.45, 7) is 5.00. The molecule has 3 heteroatoms. The van der Waals surface area contributed by atoms with Crippen LogP contribution in [0, 0.1) is 5.92 Å². The Kier molecular flexibility index (Phi) is 2.77. The Morgan fingerprint density at radius 2 is 2.27 bits per heavy atom. The minimum atomic E-state index is 0.743. The van der Waals surface area contributed by atoms with Gasteiger partial charge in [-0.15, -0.1) is 0 Å². The number of rotatable bonds is 3. The van der Waals surface area contributed by atoms with Crippen molar-refractivity contribution in [2.24, 2.45) is 5.92 Å². The van der Waals surface area contributed by atoms with Crippen LogP contribution in [0.15, 0.2) is 16.8 Å². The first kappa shape index (κ1) is 9.82. The quantitative estimate of drug-likeness (QED) is 0.840. The lowest BCUT2D eigenvalue weighted by Gasteiger charge is -2.45. The minimum absolute atomic E-state index is 0.743. The van der Waals surface area contributed by atoms with E-state index in [0.29, 0.717) is 0 Å². The lowest BCUT2D eigenvalue weighted by molar-refractivity contribution is 0.0720. The Balaban J connectivity index is 1.55. The zero-order valence-corrected chi connectivity index (χ0v) is 9.80. The molecule has 0 saturated carbocycles. The van der Waals surface area contributed by atoms with Gasteiger partial charge in [-0.3, -0.25) is 0 Å². The Hall–Kier alpha value is -0.380. The van der Waals surface area contributed by atoms with Gasteiger partial charge in [0, 0.05) is 19.1 Å². The van der Waals surface area contributed by atoms with Crippen molar-refractivity contribution in [2.75, 3.05) is 19.6 Å². The topological polar surface area (TPSA) is 15.3 Å². The molecule has 1 aromatic rings. The van der Waals surface area contributed by atoms with Crippen LogP contribution < -0.4 is 5.32 Å². The smallest absolute Gasteiger partial charge is 0.0227 e. The number of nitrogens with zero attached hydrogens (tertiary/aromatic N) is 1. The van der Waals surface area contributed by atoms with E-state index in [2.05, 4.69) is 27.0 Å². The highest BCUT2D eigenvalue weighted by Crippen LogP contribution is 2.27. The molecule has 4 heterocycles. The van der Waals surface area contributed by atoms with Crippen LogP contribution in [0.5, 0.6) is 0 Å². The molecule has 0 radical (unpaired) electrons. The van der Waals surface area contributed by atoms with Crippen molar-refractivity contribution >= 4 is 11.3 Å². The summed E-state index contributed by atoms with van der Waals surface area (Å²) in [7, 11) is 0. The third-order valence-electron chi connectivity index (χ3n) is 3.80. The van der Waals surface area contributed by atoms with Crippen molar-refractivity contribution in [3.05, 3.63) is 22.4 Å². The summed E-state index contributed by atoms with van der Waals surface area (Å²) in [5.41, 5.74) is 1.44. The van der Waals surface area contributed by atoms with Gasteiger partial charge < -0.3 is 10.2 Å². The van der Waals surface area contributed by atoms with Crippen molar-refractivity contribution in [2.45, 2.75) is 25.4 Å². The molecule has 1 aromatic heterocycles. The third-order valence-corrected chi connectivity index (χ3v) is 4.54. The number of hydrogen-bond acceptors (Lipinski definition) is 3.